The summed E-state index contributed by atoms with van der Waals surface area (Å²) in [4.78, 5) is 23.1. The van der Waals surface area contributed by atoms with Gasteiger partial charge in [-0.25, -0.2) is 5.43 Å². The van der Waals surface area contributed by atoms with Gasteiger partial charge in [-0.05, 0) is 61.5 Å². The van der Waals surface area contributed by atoms with Crippen LogP contribution in [0, 0.1) is 10.1 Å². The topological polar surface area (TPSA) is 125 Å². The zero-order valence-electron chi connectivity index (χ0n) is 19.6. The van der Waals surface area contributed by atoms with Gasteiger partial charge in [0.1, 0.15) is 5.75 Å². The van der Waals surface area contributed by atoms with Gasteiger partial charge in [-0.1, -0.05) is 35.5 Å². The number of aromatic nitrogens is 3. The van der Waals surface area contributed by atoms with Crippen LogP contribution in [-0.2, 0) is 4.79 Å². The molecule has 4 aromatic rings. The maximum absolute atomic E-state index is 12.4. The van der Waals surface area contributed by atoms with Crippen molar-refractivity contribution in [2.75, 3.05) is 12.4 Å². The van der Waals surface area contributed by atoms with Crippen LogP contribution in [0.4, 0.5) is 5.69 Å². The molecule has 0 aliphatic rings. The maximum atomic E-state index is 12.4. The largest absolute Gasteiger partial charge is 0.494 e. The fraction of sp³-hybridized carbons (Fsp3) is 0.120. The first-order valence-electron chi connectivity index (χ1n) is 11.1. The molecule has 4 rings (SSSR count). The summed E-state index contributed by atoms with van der Waals surface area (Å²) < 4.78 is 7.38. The van der Waals surface area contributed by atoms with Gasteiger partial charge >= 0.3 is 0 Å². The summed E-state index contributed by atoms with van der Waals surface area (Å²) in [6, 6.07) is 20.8. The lowest BCUT2D eigenvalue weighted by Gasteiger charge is -2.11. The molecule has 3 aromatic carbocycles. The van der Waals surface area contributed by atoms with Gasteiger partial charge in [0.2, 0.25) is 0 Å². The summed E-state index contributed by atoms with van der Waals surface area (Å²) in [7, 11) is 0. The predicted octanol–water partition coefficient (Wildman–Crippen LogP) is 5.14. The molecule has 0 radical (unpaired) electrons. The number of nitrogens with one attached hydrogen (secondary N) is 1. The highest BCUT2D eigenvalue weighted by molar-refractivity contribution is 7.99. The second-order valence-electron chi connectivity index (χ2n) is 7.47. The third-order valence-corrected chi connectivity index (χ3v) is 6.18. The van der Waals surface area contributed by atoms with Crippen LogP contribution in [0.1, 0.15) is 12.5 Å². The molecule has 37 heavy (non-hydrogen) atoms. The van der Waals surface area contributed by atoms with Gasteiger partial charge in [0.25, 0.3) is 11.6 Å². The lowest BCUT2D eigenvalue weighted by Crippen LogP contribution is -2.20. The number of hydrazone groups is 1. The number of nitro benzene ring substituents is 1. The molecule has 0 aliphatic heterocycles. The molecule has 0 saturated heterocycles. The molecule has 0 bridgehead atoms. The number of nitrogens with zero attached hydrogens (tertiary/aromatic N) is 5. The van der Waals surface area contributed by atoms with E-state index in [1.54, 1.807) is 30.3 Å². The van der Waals surface area contributed by atoms with E-state index in [2.05, 4.69) is 20.7 Å². The third kappa shape index (κ3) is 6.51. The zero-order chi connectivity index (χ0) is 26.2. The average molecular weight is 537 g/mol. The fourth-order valence-electron chi connectivity index (χ4n) is 3.34. The smallest absolute Gasteiger partial charge is 0.278 e. The van der Waals surface area contributed by atoms with Crippen LogP contribution >= 0.6 is 23.4 Å². The number of thioether (sulfide) groups is 1. The van der Waals surface area contributed by atoms with Gasteiger partial charge in [0, 0.05) is 22.3 Å². The summed E-state index contributed by atoms with van der Waals surface area (Å²) in [6.07, 6.45) is 1.24. The van der Waals surface area contributed by atoms with Crippen molar-refractivity contribution in [1.82, 2.24) is 20.2 Å². The van der Waals surface area contributed by atoms with Crippen LogP contribution in [0.25, 0.3) is 17.1 Å². The molecule has 188 valence electrons. The Labute approximate surface area is 221 Å². The molecule has 1 aromatic heterocycles. The predicted molar refractivity (Wildman–Crippen MR) is 143 cm³/mol. The molecule has 0 unspecified atom stereocenters. The number of hydrogen-bond acceptors (Lipinski definition) is 8. The highest BCUT2D eigenvalue weighted by Crippen LogP contribution is 2.29. The summed E-state index contributed by atoms with van der Waals surface area (Å²) in [5.41, 5.74) is 4.16. The van der Waals surface area contributed by atoms with Crippen molar-refractivity contribution >= 4 is 41.2 Å². The van der Waals surface area contributed by atoms with E-state index in [1.807, 2.05) is 47.9 Å². The van der Waals surface area contributed by atoms with Crippen molar-refractivity contribution in [1.29, 1.82) is 0 Å². The molecule has 1 N–H and O–H groups in total. The van der Waals surface area contributed by atoms with Gasteiger partial charge in [-0.15, -0.1) is 10.2 Å². The summed E-state index contributed by atoms with van der Waals surface area (Å²) in [5, 5.41) is 24.7. The average Bonchev–Trinajstić information content (AvgIpc) is 3.32. The normalized spacial score (nSPS) is 11.0. The minimum atomic E-state index is -0.509. The molecule has 0 aliphatic carbocycles. The Bertz CT molecular complexity index is 1420. The molecule has 10 nitrogen and oxygen atoms in total. The lowest BCUT2D eigenvalue weighted by molar-refractivity contribution is -0.385. The van der Waals surface area contributed by atoms with Gasteiger partial charge in [-0.2, -0.15) is 5.10 Å². The number of rotatable bonds is 10. The minimum absolute atomic E-state index is 0.00992. The van der Waals surface area contributed by atoms with Gasteiger partial charge in [0.15, 0.2) is 11.0 Å². The highest BCUT2D eigenvalue weighted by atomic mass is 35.5. The Balaban J connectivity index is 1.52. The van der Waals surface area contributed by atoms with Gasteiger partial charge < -0.3 is 4.74 Å². The Hall–Kier alpha value is -4.22. The standard InChI is InChI=1S/C25H21ClN6O4S/c1-2-36-21-13-11-20(12-14-21)31-24(17-7-9-19(26)10-8-17)29-30-25(31)37-16-23(33)28-27-15-18-5-3-4-6-22(18)32(34)35/h3-15H,2,16H2,1H3,(H,28,33)/b27-15+. The van der Waals surface area contributed by atoms with Crippen molar-refractivity contribution in [3.05, 3.63) is 93.5 Å². The molecule has 0 saturated carbocycles. The van der Waals surface area contributed by atoms with Crippen LogP contribution in [0.2, 0.25) is 5.02 Å². The number of amides is 1. The first kappa shape index (κ1) is 25.9. The van der Waals surface area contributed by atoms with E-state index in [1.165, 1.54) is 24.0 Å². The van der Waals surface area contributed by atoms with E-state index in [9.17, 15) is 14.9 Å². The van der Waals surface area contributed by atoms with Gasteiger partial charge in [0.05, 0.1) is 29.1 Å². The number of benzene rings is 3. The van der Waals surface area contributed by atoms with E-state index < -0.39 is 10.8 Å². The lowest BCUT2D eigenvalue weighted by atomic mass is 10.2. The molecular weight excluding hydrogens is 516 g/mol. The summed E-state index contributed by atoms with van der Waals surface area (Å²) >= 11 is 7.22. The third-order valence-electron chi connectivity index (χ3n) is 5.00. The van der Waals surface area contributed by atoms with E-state index in [4.69, 9.17) is 16.3 Å². The monoisotopic (exact) mass is 536 g/mol. The van der Waals surface area contributed by atoms with E-state index >= 15 is 0 Å². The van der Waals surface area contributed by atoms with Crippen molar-refractivity contribution in [3.8, 4) is 22.8 Å². The summed E-state index contributed by atoms with van der Waals surface area (Å²) in [5.74, 6) is 0.897. The van der Waals surface area contributed by atoms with Crippen molar-refractivity contribution in [3.63, 3.8) is 0 Å². The fourth-order valence-corrected chi connectivity index (χ4v) is 4.21. The first-order chi connectivity index (χ1) is 18.0. The number of para-hydroxylation sites is 1. The molecular formula is C25H21ClN6O4S. The number of halogens is 1. The van der Waals surface area contributed by atoms with Crippen LogP contribution in [-0.4, -0.2) is 44.2 Å². The summed E-state index contributed by atoms with van der Waals surface area (Å²) in [6.45, 7) is 2.47. The molecule has 1 amide bonds. The zero-order valence-corrected chi connectivity index (χ0v) is 21.1. The quantitative estimate of drug-likeness (QED) is 0.129. The molecule has 0 spiro atoms. The maximum Gasteiger partial charge on any atom is 0.278 e. The molecule has 0 fully saturated rings. The molecule has 1 heterocycles. The second-order valence-corrected chi connectivity index (χ2v) is 8.85. The van der Waals surface area contributed by atoms with Gasteiger partial charge in [-0.3, -0.25) is 19.5 Å². The van der Waals surface area contributed by atoms with Crippen LogP contribution in [0.3, 0.4) is 0 Å². The number of nitro groups is 1. The van der Waals surface area contributed by atoms with E-state index in [-0.39, 0.29) is 17.0 Å². The number of ether oxygens (including phenoxy) is 1. The first-order valence-corrected chi connectivity index (χ1v) is 12.5. The van der Waals surface area contributed by atoms with Crippen LogP contribution < -0.4 is 10.2 Å². The Morgan fingerprint density at radius 2 is 1.86 bits per heavy atom. The van der Waals surface area contributed by atoms with Crippen molar-refractivity contribution < 1.29 is 14.5 Å². The van der Waals surface area contributed by atoms with Crippen LogP contribution in [0.15, 0.2) is 83.1 Å². The number of hydrogen-bond donors (Lipinski definition) is 1. The Kier molecular flexibility index (Phi) is 8.49. The number of carbonyl (C=O) groups excluding carboxylic acids is 1. The molecule has 12 heteroatoms. The number of carbonyl (C=O) groups is 1. The Morgan fingerprint density at radius 1 is 1.14 bits per heavy atom. The van der Waals surface area contributed by atoms with Crippen molar-refractivity contribution in [2.45, 2.75) is 12.1 Å². The van der Waals surface area contributed by atoms with Crippen molar-refractivity contribution in [2.24, 2.45) is 5.10 Å². The Morgan fingerprint density at radius 3 is 2.57 bits per heavy atom. The molecule has 0 atom stereocenters. The van der Waals surface area contributed by atoms with E-state index in [0.717, 1.165) is 17.0 Å². The van der Waals surface area contributed by atoms with Crippen LogP contribution in [0.5, 0.6) is 5.75 Å². The van der Waals surface area contributed by atoms with E-state index in [0.29, 0.717) is 22.6 Å². The second kappa shape index (κ2) is 12.2. The minimum Gasteiger partial charge on any atom is -0.494 e. The SMILES string of the molecule is CCOc1ccc(-n2c(SCC(=O)N/N=C/c3ccccc3[N+](=O)[O-])nnc2-c2ccc(Cl)cc2)cc1. The highest BCUT2D eigenvalue weighted by Gasteiger charge is 2.18.